The van der Waals surface area contributed by atoms with Crippen molar-refractivity contribution in [2.75, 3.05) is 14.1 Å². The van der Waals surface area contributed by atoms with Gasteiger partial charge < -0.3 is 4.90 Å². The standard InChI is InChI=1S/C15H23N/c1-12(16(5)6)14-9-7-13(8-10-14)11-15(2,3)4/h7-10H,1,11H2,2-6H3. The fourth-order valence-corrected chi connectivity index (χ4v) is 1.69. The number of hydrogen-bond donors (Lipinski definition) is 0. The Hall–Kier alpha value is -1.24. The van der Waals surface area contributed by atoms with E-state index in [0.29, 0.717) is 5.41 Å². The van der Waals surface area contributed by atoms with Gasteiger partial charge in [0.15, 0.2) is 0 Å². The number of nitrogens with zero attached hydrogens (tertiary/aromatic N) is 1. The van der Waals surface area contributed by atoms with Crippen LogP contribution in [-0.4, -0.2) is 19.0 Å². The predicted octanol–water partition coefficient (Wildman–Crippen LogP) is 3.81. The average molecular weight is 217 g/mol. The highest BCUT2D eigenvalue weighted by Crippen LogP contribution is 2.22. The minimum atomic E-state index is 0.347. The highest BCUT2D eigenvalue weighted by Gasteiger charge is 2.11. The van der Waals surface area contributed by atoms with E-state index in [-0.39, 0.29) is 0 Å². The van der Waals surface area contributed by atoms with Crippen LogP contribution in [0.2, 0.25) is 0 Å². The van der Waals surface area contributed by atoms with Crippen molar-refractivity contribution in [2.24, 2.45) is 5.41 Å². The molecule has 0 N–H and O–H groups in total. The van der Waals surface area contributed by atoms with Gasteiger partial charge in [-0.25, -0.2) is 0 Å². The van der Waals surface area contributed by atoms with E-state index in [1.54, 1.807) is 0 Å². The van der Waals surface area contributed by atoms with Crippen LogP contribution in [-0.2, 0) is 6.42 Å². The van der Waals surface area contributed by atoms with E-state index in [1.807, 2.05) is 19.0 Å². The highest BCUT2D eigenvalue weighted by atomic mass is 15.1. The largest absolute Gasteiger partial charge is 0.378 e. The topological polar surface area (TPSA) is 3.24 Å². The van der Waals surface area contributed by atoms with Crippen LogP contribution in [0.5, 0.6) is 0 Å². The summed E-state index contributed by atoms with van der Waals surface area (Å²) in [7, 11) is 4.04. The second kappa shape index (κ2) is 4.73. The van der Waals surface area contributed by atoms with Gasteiger partial charge in [-0.1, -0.05) is 51.6 Å². The maximum atomic E-state index is 4.05. The molecule has 0 spiro atoms. The SMILES string of the molecule is C=C(c1ccc(CC(C)(C)C)cc1)N(C)C. The molecule has 0 atom stereocenters. The Morgan fingerprint density at radius 2 is 1.62 bits per heavy atom. The van der Waals surface area contributed by atoms with E-state index in [4.69, 9.17) is 0 Å². The Morgan fingerprint density at radius 3 is 2.00 bits per heavy atom. The summed E-state index contributed by atoms with van der Waals surface area (Å²) in [6, 6.07) is 8.72. The van der Waals surface area contributed by atoms with Gasteiger partial charge in [0.25, 0.3) is 0 Å². The summed E-state index contributed by atoms with van der Waals surface area (Å²) < 4.78 is 0. The van der Waals surface area contributed by atoms with E-state index in [1.165, 1.54) is 11.1 Å². The lowest BCUT2D eigenvalue weighted by Gasteiger charge is -2.19. The summed E-state index contributed by atoms with van der Waals surface area (Å²) in [5.74, 6) is 0. The van der Waals surface area contributed by atoms with Crippen molar-refractivity contribution in [3.05, 3.63) is 42.0 Å². The van der Waals surface area contributed by atoms with Gasteiger partial charge in [0.1, 0.15) is 0 Å². The van der Waals surface area contributed by atoms with Crippen molar-refractivity contribution >= 4 is 5.70 Å². The Balaban J connectivity index is 2.80. The fourth-order valence-electron chi connectivity index (χ4n) is 1.69. The molecular weight excluding hydrogens is 194 g/mol. The molecule has 1 aromatic carbocycles. The van der Waals surface area contributed by atoms with Crippen LogP contribution in [0.3, 0.4) is 0 Å². The molecule has 0 aliphatic heterocycles. The second-order valence-electron chi connectivity index (χ2n) is 5.78. The second-order valence-corrected chi connectivity index (χ2v) is 5.78. The van der Waals surface area contributed by atoms with Crippen molar-refractivity contribution in [1.29, 1.82) is 0 Å². The highest BCUT2D eigenvalue weighted by molar-refractivity contribution is 5.61. The smallest absolute Gasteiger partial charge is 0.0361 e. The maximum absolute atomic E-state index is 4.05. The molecule has 0 bridgehead atoms. The van der Waals surface area contributed by atoms with Crippen LogP contribution in [0, 0.1) is 5.41 Å². The predicted molar refractivity (Wildman–Crippen MR) is 72.3 cm³/mol. The molecule has 0 heterocycles. The van der Waals surface area contributed by atoms with Crippen LogP contribution < -0.4 is 0 Å². The summed E-state index contributed by atoms with van der Waals surface area (Å²) in [5, 5.41) is 0. The van der Waals surface area contributed by atoms with Crippen molar-refractivity contribution in [3.8, 4) is 0 Å². The number of benzene rings is 1. The van der Waals surface area contributed by atoms with Crippen LogP contribution >= 0.6 is 0 Å². The van der Waals surface area contributed by atoms with Gasteiger partial charge in [0.2, 0.25) is 0 Å². The molecule has 0 aliphatic rings. The first-order valence-corrected chi connectivity index (χ1v) is 5.75. The molecular formula is C15H23N. The molecule has 0 fully saturated rings. The minimum Gasteiger partial charge on any atom is -0.378 e. The Kier molecular flexibility index (Phi) is 3.79. The van der Waals surface area contributed by atoms with Crippen molar-refractivity contribution < 1.29 is 0 Å². The molecule has 1 rings (SSSR count). The van der Waals surface area contributed by atoms with Crippen LogP contribution in [0.4, 0.5) is 0 Å². The molecule has 0 amide bonds. The van der Waals surface area contributed by atoms with Gasteiger partial charge in [-0.05, 0) is 23.0 Å². The van der Waals surface area contributed by atoms with E-state index in [9.17, 15) is 0 Å². The first kappa shape index (κ1) is 12.8. The van der Waals surface area contributed by atoms with E-state index < -0.39 is 0 Å². The normalized spacial score (nSPS) is 11.3. The Labute approximate surface area is 99.8 Å². The molecule has 88 valence electrons. The molecule has 0 unspecified atom stereocenters. The Bertz CT molecular complexity index is 352. The van der Waals surface area contributed by atoms with Gasteiger partial charge in [0.05, 0.1) is 0 Å². The maximum Gasteiger partial charge on any atom is 0.0361 e. The number of hydrogen-bond acceptors (Lipinski definition) is 1. The van der Waals surface area contributed by atoms with Gasteiger partial charge in [-0.3, -0.25) is 0 Å². The molecule has 0 saturated carbocycles. The van der Waals surface area contributed by atoms with Crippen molar-refractivity contribution in [3.63, 3.8) is 0 Å². The summed E-state index contributed by atoms with van der Waals surface area (Å²) in [4.78, 5) is 2.04. The zero-order valence-electron chi connectivity index (χ0n) is 11.2. The molecule has 1 nitrogen and oxygen atoms in total. The zero-order valence-corrected chi connectivity index (χ0v) is 11.2. The van der Waals surface area contributed by atoms with E-state index in [0.717, 1.165) is 12.1 Å². The average Bonchev–Trinajstić information content (AvgIpc) is 2.15. The molecule has 1 heteroatoms. The van der Waals surface area contributed by atoms with Crippen LogP contribution in [0.25, 0.3) is 5.70 Å². The van der Waals surface area contributed by atoms with Gasteiger partial charge in [-0.15, -0.1) is 0 Å². The van der Waals surface area contributed by atoms with Gasteiger partial charge in [0, 0.05) is 19.8 Å². The van der Waals surface area contributed by atoms with Gasteiger partial charge >= 0.3 is 0 Å². The fraction of sp³-hybridized carbons (Fsp3) is 0.467. The van der Waals surface area contributed by atoms with Crippen molar-refractivity contribution in [1.82, 2.24) is 4.90 Å². The monoisotopic (exact) mass is 217 g/mol. The summed E-state index contributed by atoms with van der Waals surface area (Å²) >= 11 is 0. The summed E-state index contributed by atoms with van der Waals surface area (Å²) in [6.45, 7) is 10.8. The Morgan fingerprint density at radius 1 is 1.12 bits per heavy atom. The van der Waals surface area contributed by atoms with E-state index in [2.05, 4.69) is 51.6 Å². The molecule has 1 aromatic rings. The van der Waals surface area contributed by atoms with E-state index >= 15 is 0 Å². The zero-order chi connectivity index (χ0) is 12.3. The molecule has 0 aromatic heterocycles. The third kappa shape index (κ3) is 3.73. The van der Waals surface area contributed by atoms with Gasteiger partial charge in [-0.2, -0.15) is 0 Å². The van der Waals surface area contributed by atoms with Crippen molar-refractivity contribution in [2.45, 2.75) is 27.2 Å². The first-order chi connectivity index (χ1) is 7.29. The third-order valence-corrected chi connectivity index (χ3v) is 2.56. The summed E-state index contributed by atoms with van der Waals surface area (Å²) in [5.41, 5.74) is 3.99. The van der Waals surface area contributed by atoms with Crippen LogP contribution in [0.15, 0.2) is 30.8 Å². The quantitative estimate of drug-likeness (QED) is 0.744. The lowest BCUT2D eigenvalue weighted by molar-refractivity contribution is 0.411. The lowest BCUT2D eigenvalue weighted by atomic mass is 9.88. The molecule has 0 saturated heterocycles. The lowest BCUT2D eigenvalue weighted by Crippen LogP contribution is -2.10. The summed E-state index contributed by atoms with van der Waals surface area (Å²) in [6.07, 6.45) is 1.11. The van der Waals surface area contributed by atoms with Crippen LogP contribution in [0.1, 0.15) is 31.9 Å². The minimum absolute atomic E-state index is 0.347. The molecule has 0 aliphatic carbocycles. The third-order valence-electron chi connectivity index (χ3n) is 2.56. The first-order valence-electron chi connectivity index (χ1n) is 5.75. The number of rotatable bonds is 3. The molecule has 0 radical (unpaired) electrons. The molecule has 16 heavy (non-hydrogen) atoms.